The molecule has 112 valence electrons. The molecule has 0 amide bonds. The van der Waals surface area contributed by atoms with Gasteiger partial charge >= 0.3 is 5.82 Å². The van der Waals surface area contributed by atoms with Crippen LogP contribution in [0, 0.1) is 10.1 Å². The maximum Gasteiger partial charge on any atom is 0.390 e. The van der Waals surface area contributed by atoms with Gasteiger partial charge in [-0.3, -0.25) is 0 Å². The average Bonchev–Trinajstić information content (AvgIpc) is 3.24. The minimum atomic E-state index is -0.547. The molecule has 3 aromatic heterocycles. The fraction of sp³-hybridized carbons (Fsp3) is 0. The zero-order valence-corrected chi connectivity index (χ0v) is 11.6. The number of hydrogen-bond acceptors (Lipinski definition) is 6. The maximum absolute atomic E-state index is 10.8. The van der Waals surface area contributed by atoms with Crippen molar-refractivity contribution < 1.29 is 4.92 Å². The second kappa shape index (κ2) is 4.98. The highest BCUT2D eigenvalue weighted by molar-refractivity contribution is 5.63. The molecule has 0 spiro atoms. The van der Waals surface area contributed by atoms with Crippen LogP contribution in [0.3, 0.4) is 0 Å². The van der Waals surface area contributed by atoms with Crippen molar-refractivity contribution in [3.8, 4) is 17.1 Å². The summed E-state index contributed by atoms with van der Waals surface area (Å²) in [5.41, 5.74) is 1.58. The molecule has 0 bridgehead atoms. The number of rotatable bonds is 3. The summed E-state index contributed by atoms with van der Waals surface area (Å²) in [5, 5.41) is 18.9. The molecule has 0 atom stereocenters. The van der Waals surface area contributed by atoms with E-state index in [4.69, 9.17) is 0 Å². The van der Waals surface area contributed by atoms with E-state index < -0.39 is 4.92 Å². The second-order valence-corrected chi connectivity index (χ2v) is 4.71. The summed E-state index contributed by atoms with van der Waals surface area (Å²) in [7, 11) is 0. The molecule has 0 saturated heterocycles. The fourth-order valence-electron chi connectivity index (χ4n) is 2.26. The van der Waals surface area contributed by atoms with Crippen molar-refractivity contribution in [2.24, 2.45) is 0 Å². The summed E-state index contributed by atoms with van der Waals surface area (Å²) in [6.07, 6.45) is 2.88. The van der Waals surface area contributed by atoms with Crippen LogP contribution in [0.25, 0.3) is 22.9 Å². The minimum absolute atomic E-state index is 0.240. The van der Waals surface area contributed by atoms with Gasteiger partial charge in [0, 0.05) is 11.6 Å². The number of benzene rings is 1. The molecule has 4 rings (SSSR count). The quantitative estimate of drug-likeness (QED) is 0.423. The monoisotopic (exact) mass is 307 g/mol. The Balaban J connectivity index is 1.94. The molecule has 9 heteroatoms. The van der Waals surface area contributed by atoms with Gasteiger partial charge in [0.15, 0.2) is 5.82 Å². The van der Waals surface area contributed by atoms with E-state index in [1.54, 1.807) is 6.07 Å². The van der Waals surface area contributed by atoms with Crippen molar-refractivity contribution >= 4 is 11.6 Å². The fourth-order valence-corrected chi connectivity index (χ4v) is 2.26. The average molecular weight is 307 g/mol. The molecule has 0 unspecified atom stereocenters. The molecule has 0 saturated carbocycles. The Kier molecular flexibility index (Phi) is 2.83. The zero-order valence-electron chi connectivity index (χ0n) is 11.6. The molecule has 3 heterocycles. The Morgan fingerprint density at radius 3 is 2.70 bits per heavy atom. The van der Waals surface area contributed by atoms with Gasteiger partial charge in [-0.2, -0.15) is 14.6 Å². The van der Waals surface area contributed by atoms with Gasteiger partial charge in [0.2, 0.25) is 0 Å². The topological polar surface area (TPSA) is 104 Å². The molecule has 1 aromatic carbocycles. The van der Waals surface area contributed by atoms with E-state index in [0.29, 0.717) is 17.3 Å². The van der Waals surface area contributed by atoms with Gasteiger partial charge in [-0.1, -0.05) is 30.3 Å². The third kappa shape index (κ3) is 2.20. The van der Waals surface area contributed by atoms with Gasteiger partial charge < -0.3 is 10.1 Å². The van der Waals surface area contributed by atoms with Crippen LogP contribution in [-0.2, 0) is 0 Å². The highest BCUT2D eigenvalue weighted by Crippen LogP contribution is 2.21. The van der Waals surface area contributed by atoms with Crippen LogP contribution < -0.4 is 0 Å². The summed E-state index contributed by atoms with van der Waals surface area (Å²) < 4.78 is 2.86. The SMILES string of the molecule is O=[N+]([O-])c1ccn(-c2cc(-c3ccccc3)nc3ncnn23)n1. The first-order valence-corrected chi connectivity index (χ1v) is 6.69. The molecule has 0 radical (unpaired) electrons. The van der Waals surface area contributed by atoms with Crippen LogP contribution >= 0.6 is 0 Å². The smallest absolute Gasteiger partial charge is 0.358 e. The van der Waals surface area contributed by atoms with Crippen LogP contribution in [0.2, 0.25) is 0 Å². The lowest BCUT2D eigenvalue weighted by Gasteiger charge is -2.05. The number of fused-ring (bicyclic) bond motifs is 1. The second-order valence-electron chi connectivity index (χ2n) is 4.71. The highest BCUT2D eigenvalue weighted by Gasteiger charge is 2.17. The first-order valence-electron chi connectivity index (χ1n) is 6.69. The Bertz CT molecular complexity index is 1010. The van der Waals surface area contributed by atoms with Gasteiger partial charge in [-0.05, 0) is 4.92 Å². The van der Waals surface area contributed by atoms with Crippen molar-refractivity contribution in [3.63, 3.8) is 0 Å². The summed E-state index contributed by atoms with van der Waals surface area (Å²) in [4.78, 5) is 18.8. The maximum atomic E-state index is 10.8. The lowest BCUT2D eigenvalue weighted by atomic mass is 10.1. The molecular weight excluding hydrogens is 298 g/mol. The van der Waals surface area contributed by atoms with E-state index >= 15 is 0 Å². The number of nitro groups is 1. The van der Waals surface area contributed by atoms with Gasteiger partial charge in [-0.15, -0.1) is 4.68 Å². The van der Waals surface area contributed by atoms with Crippen molar-refractivity contribution in [2.75, 3.05) is 0 Å². The summed E-state index contributed by atoms with van der Waals surface area (Å²) >= 11 is 0. The molecule has 0 aliphatic rings. The third-order valence-corrected chi connectivity index (χ3v) is 3.30. The Morgan fingerprint density at radius 1 is 1.13 bits per heavy atom. The van der Waals surface area contributed by atoms with Gasteiger partial charge in [0.25, 0.3) is 5.78 Å². The molecule has 9 nitrogen and oxygen atoms in total. The van der Waals surface area contributed by atoms with Gasteiger partial charge in [-0.25, -0.2) is 4.98 Å². The van der Waals surface area contributed by atoms with Crippen LogP contribution in [0.1, 0.15) is 0 Å². The largest absolute Gasteiger partial charge is 0.390 e. The molecule has 0 N–H and O–H groups in total. The number of hydrogen-bond donors (Lipinski definition) is 0. The van der Waals surface area contributed by atoms with Crippen molar-refractivity contribution in [1.82, 2.24) is 29.4 Å². The lowest BCUT2D eigenvalue weighted by molar-refractivity contribution is -0.389. The van der Waals surface area contributed by atoms with Crippen LogP contribution in [0.15, 0.2) is 55.0 Å². The van der Waals surface area contributed by atoms with Crippen molar-refractivity contribution in [2.45, 2.75) is 0 Å². The number of nitrogens with zero attached hydrogens (tertiary/aromatic N) is 7. The van der Waals surface area contributed by atoms with E-state index in [0.717, 1.165) is 5.56 Å². The standard InChI is InChI=1S/C14H9N7O2/c22-21(23)12-6-7-19(18-12)13-8-11(10-4-2-1-3-5-10)17-14-15-9-16-20(13)14/h1-9H. The van der Waals surface area contributed by atoms with Gasteiger partial charge in [0.05, 0.1) is 23.1 Å². The normalized spacial score (nSPS) is 11.0. The Labute approximate surface area is 129 Å². The summed E-state index contributed by atoms with van der Waals surface area (Å²) in [6, 6.07) is 12.7. The molecular formula is C14H9N7O2. The summed E-state index contributed by atoms with van der Waals surface area (Å²) in [6.45, 7) is 0. The van der Waals surface area contributed by atoms with E-state index in [-0.39, 0.29) is 5.82 Å². The van der Waals surface area contributed by atoms with E-state index in [9.17, 15) is 10.1 Å². The van der Waals surface area contributed by atoms with E-state index in [1.807, 2.05) is 30.3 Å². The Hall–Kier alpha value is -3.62. The van der Waals surface area contributed by atoms with Gasteiger partial charge in [0.1, 0.15) is 6.33 Å². The molecule has 0 fully saturated rings. The lowest BCUT2D eigenvalue weighted by Crippen LogP contribution is -2.06. The minimum Gasteiger partial charge on any atom is -0.358 e. The van der Waals surface area contributed by atoms with E-state index in [2.05, 4.69) is 20.2 Å². The highest BCUT2D eigenvalue weighted by atomic mass is 16.6. The van der Waals surface area contributed by atoms with Crippen molar-refractivity contribution in [3.05, 3.63) is 65.1 Å². The van der Waals surface area contributed by atoms with Crippen LogP contribution in [0.4, 0.5) is 5.82 Å². The number of aromatic nitrogens is 6. The van der Waals surface area contributed by atoms with Crippen molar-refractivity contribution in [1.29, 1.82) is 0 Å². The zero-order chi connectivity index (χ0) is 15.8. The predicted molar refractivity (Wildman–Crippen MR) is 80.0 cm³/mol. The molecule has 23 heavy (non-hydrogen) atoms. The Morgan fingerprint density at radius 2 is 1.96 bits per heavy atom. The first-order chi connectivity index (χ1) is 11.2. The summed E-state index contributed by atoms with van der Waals surface area (Å²) in [5.74, 6) is 0.662. The molecule has 0 aliphatic carbocycles. The van der Waals surface area contributed by atoms with Crippen LogP contribution in [-0.4, -0.2) is 34.3 Å². The molecule has 4 aromatic rings. The van der Waals surface area contributed by atoms with Crippen LogP contribution in [0.5, 0.6) is 0 Å². The first kappa shape index (κ1) is 13.1. The third-order valence-electron chi connectivity index (χ3n) is 3.30. The predicted octanol–water partition coefficient (Wildman–Crippen LogP) is 1.89. The van der Waals surface area contributed by atoms with E-state index in [1.165, 1.54) is 27.8 Å². The molecule has 0 aliphatic heterocycles.